The zero-order valence-electron chi connectivity index (χ0n) is 9.89. The highest BCUT2D eigenvalue weighted by atomic mass is 19.4. The van der Waals surface area contributed by atoms with Crippen LogP contribution in [0.3, 0.4) is 0 Å². The smallest absolute Gasteiger partial charge is 0.310 e. The first-order valence-corrected chi connectivity index (χ1v) is 6.14. The lowest BCUT2D eigenvalue weighted by molar-refractivity contribution is -0.170. The minimum atomic E-state index is -4.04. The Hall–Kier alpha value is -0.550. The molecule has 2 aliphatic rings. The van der Waals surface area contributed by atoms with Gasteiger partial charge < -0.3 is 5.32 Å². The summed E-state index contributed by atoms with van der Waals surface area (Å²) in [6.07, 6.45) is -1.38. The molecule has 17 heavy (non-hydrogen) atoms. The van der Waals surface area contributed by atoms with Crippen LogP contribution in [0.1, 0.15) is 19.3 Å². The molecule has 0 bridgehead atoms. The number of likely N-dealkylation sites (tertiary alicyclic amines) is 1. The van der Waals surface area contributed by atoms with Gasteiger partial charge >= 0.3 is 6.18 Å². The number of hydrogen-bond acceptors (Lipinski definition) is 2. The van der Waals surface area contributed by atoms with Gasteiger partial charge in [0.1, 0.15) is 0 Å². The first kappa shape index (κ1) is 12.9. The van der Waals surface area contributed by atoms with Crippen molar-refractivity contribution < 1.29 is 13.2 Å². The van der Waals surface area contributed by atoms with Crippen molar-refractivity contribution in [3.63, 3.8) is 0 Å². The molecule has 1 unspecified atom stereocenters. The standard InChI is InChI=1S/C12H19F3N2/c1-9(6-16-11-2-3-11)7-17-5-4-10(8-17)12(13,14)15/h10-11,16H,1-8H2. The molecule has 1 atom stereocenters. The van der Waals surface area contributed by atoms with E-state index in [1.54, 1.807) is 0 Å². The molecule has 0 aromatic heterocycles. The largest absolute Gasteiger partial charge is 0.393 e. The molecule has 0 amide bonds. The van der Waals surface area contributed by atoms with Crippen LogP contribution in [0.2, 0.25) is 0 Å². The molecule has 2 rings (SSSR count). The van der Waals surface area contributed by atoms with Crippen LogP contribution < -0.4 is 5.32 Å². The molecular weight excluding hydrogens is 229 g/mol. The van der Waals surface area contributed by atoms with Crippen LogP contribution in [0.15, 0.2) is 12.2 Å². The lowest BCUT2D eigenvalue weighted by Crippen LogP contribution is -2.30. The van der Waals surface area contributed by atoms with E-state index in [1.165, 1.54) is 12.8 Å². The number of rotatable bonds is 5. The molecule has 1 N–H and O–H groups in total. The maximum absolute atomic E-state index is 12.5. The van der Waals surface area contributed by atoms with Crippen LogP contribution in [0, 0.1) is 5.92 Å². The topological polar surface area (TPSA) is 15.3 Å². The molecule has 0 radical (unpaired) electrons. The molecule has 0 aromatic carbocycles. The van der Waals surface area contributed by atoms with E-state index in [0.29, 0.717) is 19.1 Å². The minimum absolute atomic E-state index is 0.131. The van der Waals surface area contributed by atoms with E-state index in [1.807, 2.05) is 4.90 Å². The number of hydrogen-bond donors (Lipinski definition) is 1. The van der Waals surface area contributed by atoms with Crippen molar-refractivity contribution in [2.75, 3.05) is 26.2 Å². The number of halogens is 3. The predicted molar refractivity (Wildman–Crippen MR) is 60.8 cm³/mol. The Balaban J connectivity index is 1.67. The molecule has 1 aliphatic carbocycles. The van der Waals surface area contributed by atoms with Gasteiger partial charge in [-0.1, -0.05) is 6.58 Å². The van der Waals surface area contributed by atoms with Crippen molar-refractivity contribution in [3.8, 4) is 0 Å². The summed E-state index contributed by atoms with van der Waals surface area (Å²) < 4.78 is 37.4. The SMILES string of the molecule is C=C(CNC1CC1)CN1CCC(C(F)(F)F)C1. The molecular formula is C12H19F3N2. The van der Waals surface area contributed by atoms with Crippen molar-refractivity contribution in [1.82, 2.24) is 10.2 Å². The van der Waals surface area contributed by atoms with E-state index in [2.05, 4.69) is 11.9 Å². The molecule has 2 nitrogen and oxygen atoms in total. The summed E-state index contributed by atoms with van der Waals surface area (Å²) in [5, 5.41) is 3.32. The predicted octanol–water partition coefficient (Wildman–Crippen LogP) is 2.18. The van der Waals surface area contributed by atoms with Gasteiger partial charge in [0.25, 0.3) is 0 Å². The highest BCUT2D eigenvalue weighted by Gasteiger charge is 2.43. The average molecular weight is 248 g/mol. The zero-order chi connectivity index (χ0) is 12.5. The zero-order valence-corrected chi connectivity index (χ0v) is 9.89. The first-order chi connectivity index (χ1) is 7.95. The molecule has 98 valence electrons. The Bertz CT molecular complexity index is 284. The Morgan fingerprint density at radius 3 is 2.53 bits per heavy atom. The summed E-state index contributed by atoms with van der Waals surface area (Å²) in [5.74, 6) is -1.15. The van der Waals surface area contributed by atoms with Gasteiger partial charge in [0.15, 0.2) is 0 Å². The summed E-state index contributed by atoms with van der Waals surface area (Å²) in [6, 6.07) is 0.619. The third kappa shape index (κ3) is 4.00. The molecule has 1 saturated heterocycles. The van der Waals surface area contributed by atoms with Crippen molar-refractivity contribution in [2.24, 2.45) is 5.92 Å². The van der Waals surface area contributed by atoms with Crippen LogP contribution in [0.4, 0.5) is 13.2 Å². The van der Waals surface area contributed by atoms with Crippen LogP contribution in [0.5, 0.6) is 0 Å². The van der Waals surface area contributed by atoms with Gasteiger partial charge in [0, 0.05) is 25.7 Å². The number of alkyl halides is 3. The summed E-state index contributed by atoms with van der Waals surface area (Å²) in [6.45, 7) is 5.91. The fourth-order valence-corrected chi connectivity index (χ4v) is 2.19. The van der Waals surface area contributed by atoms with Crippen LogP contribution in [-0.4, -0.2) is 43.3 Å². The highest BCUT2D eigenvalue weighted by molar-refractivity contribution is 5.03. The van der Waals surface area contributed by atoms with Gasteiger partial charge in [-0.05, 0) is 31.4 Å². The molecule has 5 heteroatoms. The quantitative estimate of drug-likeness (QED) is 0.750. The second-order valence-electron chi connectivity index (χ2n) is 5.17. The number of nitrogens with zero attached hydrogens (tertiary/aromatic N) is 1. The van der Waals surface area contributed by atoms with Gasteiger partial charge in [-0.2, -0.15) is 13.2 Å². The van der Waals surface area contributed by atoms with Crippen LogP contribution in [0.25, 0.3) is 0 Å². The Labute approximate surface area is 99.9 Å². The summed E-state index contributed by atoms with van der Waals surface area (Å²) >= 11 is 0. The normalized spacial score (nSPS) is 26.4. The highest BCUT2D eigenvalue weighted by Crippen LogP contribution is 2.33. The van der Waals surface area contributed by atoms with E-state index in [4.69, 9.17) is 0 Å². The van der Waals surface area contributed by atoms with Crippen molar-refractivity contribution in [2.45, 2.75) is 31.5 Å². The average Bonchev–Trinajstić information content (AvgIpc) is 2.93. The first-order valence-electron chi connectivity index (χ1n) is 6.14. The Morgan fingerprint density at radius 1 is 1.29 bits per heavy atom. The van der Waals surface area contributed by atoms with E-state index in [0.717, 1.165) is 12.1 Å². The summed E-state index contributed by atoms with van der Waals surface area (Å²) in [4.78, 5) is 1.86. The van der Waals surface area contributed by atoms with E-state index >= 15 is 0 Å². The third-order valence-corrected chi connectivity index (χ3v) is 3.40. The van der Waals surface area contributed by atoms with E-state index in [9.17, 15) is 13.2 Å². The van der Waals surface area contributed by atoms with Crippen molar-refractivity contribution in [3.05, 3.63) is 12.2 Å². The molecule has 0 spiro atoms. The molecule has 1 saturated carbocycles. The van der Waals surface area contributed by atoms with Crippen molar-refractivity contribution >= 4 is 0 Å². The second-order valence-corrected chi connectivity index (χ2v) is 5.17. The molecule has 1 heterocycles. The lowest BCUT2D eigenvalue weighted by atomic mass is 10.1. The summed E-state index contributed by atoms with van der Waals surface area (Å²) in [7, 11) is 0. The van der Waals surface area contributed by atoms with E-state index < -0.39 is 12.1 Å². The molecule has 1 aliphatic heterocycles. The Kier molecular flexibility index (Phi) is 3.78. The van der Waals surface area contributed by atoms with Crippen LogP contribution >= 0.6 is 0 Å². The maximum atomic E-state index is 12.5. The van der Waals surface area contributed by atoms with Gasteiger partial charge in [-0.15, -0.1) is 0 Å². The molecule has 0 aromatic rings. The Morgan fingerprint density at radius 2 is 2.00 bits per heavy atom. The monoisotopic (exact) mass is 248 g/mol. The maximum Gasteiger partial charge on any atom is 0.393 e. The number of nitrogens with one attached hydrogen (secondary N) is 1. The van der Waals surface area contributed by atoms with Crippen molar-refractivity contribution in [1.29, 1.82) is 0 Å². The van der Waals surface area contributed by atoms with Gasteiger partial charge in [-0.3, -0.25) is 4.90 Å². The van der Waals surface area contributed by atoms with Gasteiger partial charge in [-0.25, -0.2) is 0 Å². The third-order valence-electron chi connectivity index (χ3n) is 3.40. The second kappa shape index (κ2) is 4.98. The lowest BCUT2D eigenvalue weighted by Gasteiger charge is -2.19. The summed E-state index contributed by atoms with van der Waals surface area (Å²) in [5.41, 5.74) is 0.986. The van der Waals surface area contributed by atoms with Gasteiger partial charge in [0.2, 0.25) is 0 Å². The van der Waals surface area contributed by atoms with Crippen LogP contribution in [-0.2, 0) is 0 Å². The van der Waals surface area contributed by atoms with E-state index in [-0.39, 0.29) is 13.0 Å². The van der Waals surface area contributed by atoms with Gasteiger partial charge in [0.05, 0.1) is 5.92 Å². The molecule has 2 fully saturated rings. The minimum Gasteiger partial charge on any atom is -0.310 e. The fraction of sp³-hybridized carbons (Fsp3) is 0.833. The fourth-order valence-electron chi connectivity index (χ4n) is 2.19.